The number of carbonyl (C=O) groups is 1. The first-order valence-corrected chi connectivity index (χ1v) is 11.5. The monoisotopic (exact) mass is 530 g/mol. The van der Waals surface area contributed by atoms with E-state index < -0.39 is 35.5 Å². The third kappa shape index (κ3) is 4.94. The summed E-state index contributed by atoms with van der Waals surface area (Å²) in [5, 5.41) is 14.7. The number of oxime groups is 1. The van der Waals surface area contributed by atoms with Crippen LogP contribution in [0.15, 0.2) is 47.6 Å². The lowest BCUT2D eigenvalue weighted by atomic mass is 9.84. The molecule has 1 N–H and O–H groups in total. The highest BCUT2D eigenvalue weighted by atomic mass is 35.5. The van der Waals surface area contributed by atoms with Gasteiger partial charge >= 0.3 is 12.3 Å². The molecule has 6 nitrogen and oxygen atoms in total. The summed E-state index contributed by atoms with van der Waals surface area (Å²) in [6.07, 6.45) is -5.90. The van der Waals surface area contributed by atoms with Gasteiger partial charge in [0.25, 0.3) is 5.60 Å². The van der Waals surface area contributed by atoms with Crippen molar-refractivity contribution in [2.24, 2.45) is 5.16 Å². The third-order valence-corrected chi connectivity index (χ3v) is 6.26. The highest BCUT2D eigenvalue weighted by Gasteiger charge is 2.62. The number of aliphatic hydroxyl groups is 1. The quantitative estimate of drug-likeness (QED) is 0.527. The van der Waals surface area contributed by atoms with Crippen LogP contribution in [0.5, 0.6) is 0 Å². The molecule has 0 aliphatic carbocycles. The Bertz CT molecular complexity index is 1150. The lowest BCUT2D eigenvalue weighted by molar-refractivity contribution is -0.275. The number of hydrogen-bond donors (Lipinski definition) is 1. The summed E-state index contributed by atoms with van der Waals surface area (Å²) in [4.78, 5) is 18.5. The molecule has 1 fully saturated rings. The molecule has 4 rings (SSSR count). The van der Waals surface area contributed by atoms with Crippen LogP contribution in [0.25, 0.3) is 0 Å². The van der Waals surface area contributed by atoms with Crippen molar-refractivity contribution in [3.8, 4) is 0 Å². The van der Waals surface area contributed by atoms with Crippen molar-refractivity contribution in [1.82, 2.24) is 4.90 Å². The number of amides is 1. The maximum absolute atomic E-state index is 14.2. The maximum atomic E-state index is 14.2. The van der Waals surface area contributed by atoms with E-state index >= 15 is 0 Å². The maximum Gasteiger partial charge on any atom is 0.435 e. The normalized spacial score (nSPS) is 21.7. The van der Waals surface area contributed by atoms with Gasteiger partial charge in [0.2, 0.25) is 0 Å². The minimum Gasteiger partial charge on any atom is -0.444 e. The summed E-state index contributed by atoms with van der Waals surface area (Å²) in [7, 11) is 0. The van der Waals surface area contributed by atoms with Gasteiger partial charge in [-0.3, -0.25) is 0 Å². The van der Waals surface area contributed by atoms with E-state index in [9.17, 15) is 23.1 Å². The zero-order valence-electron chi connectivity index (χ0n) is 19.1. The van der Waals surface area contributed by atoms with Crippen molar-refractivity contribution < 1.29 is 32.6 Å². The van der Waals surface area contributed by atoms with Gasteiger partial charge in [0, 0.05) is 22.0 Å². The van der Waals surface area contributed by atoms with Crippen LogP contribution >= 0.6 is 23.2 Å². The van der Waals surface area contributed by atoms with Gasteiger partial charge < -0.3 is 19.6 Å². The minimum atomic E-state index is -4.79. The molecule has 2 aliphatic heterocycles. The summed E-state index contributed by atoms with van der Waals surface area (Å²) in [6, 6.07) is 9.95. The molecule has 0 spiro atoms. The molecule has 0 saturated carbocycles. The topological polar surface area (TPSA) is 71.4 Å². The van der Waals surface area contributed by atoms with Gasteiger partial charge in [0.15, 0.2) is 0 Å². The largest absolute Gasteiger partial charge is 0.444 e. The highest BCUT2D eigenvalue weighted by molar-refractivity contribution is 6.34. The Kier molecular flexibility index (Phi) is 6.27. The van der Waals surface area contributed by atoms with Crippen LogP contribution in [0.1, 0.15) is 43.9 Å². The number of carbonyl (C=O) groups excluding carboxylic acids is 1. The summed E-state index contributed by atoms with van der Waals surface area (Å²) >= 11 is 11.9. The van der Waals surface area contributed by atoms with E-state index in [1.165, 1.54) is 11.0 Å². The fraction of sp³-hybridized carbons (Fsp3) is 0.417. The van der Waals surface area contributed by atoms with E-state index in [-0.39, 0.29) is 34.4 Å². The van der Waals surface area contributed by atoms with Crippen LogP contribution in [0.2, 0.25) is 10.0 Å². The molecule has 2 heterocycles. The fourth-order valence-corrected chi connectivity index (χ4v) is 4.57. The number of halogens is 5. The molecule has 2 aliphatic rings. The molecular formula is C24H23Cl2F3N2O4. The second-order valence-electron chi connectivity index (χ2n) is 9.73. The second kappa shape index (κ2) is 8.57. The van der Waals surface area contributed by atoms with Gasteiger partial charge in [0.1, 0.15) is 11.2 Å². The second-order valence-corrected chi connectivity index (χ2v) is 10.6. The molecule has 1 saturated heterocycles. The van der Waals surface area contributed by atoms with Crippen molar-refractivity contribution >= 4 is 35.0 Å². The van der Waals surface area contributed by atoms with E-state index in [1.807, 2.05) is 0 Å². The first-order valence-electron chi connectivity index (χ1n) is 10.7. The summed E-state index contributed by atoms with van der Waals surface area (Å²) in [6.45, 7) is 5.33. The van der Waals surface area contributed by atoms with Crippen LogP contribution in [0.3, 0.4) is 0 Å². The molecular weight excluding hydrogens is 508 g/mol. The molecule has 2 aromatic carbocycles. The Morgan fingerprint density at radius 1 is 1.06 bits per heavy atom. The predicted molar refractivity (Wildman–Crippen MR) is 125 cm³/mol. The van der Waals surface area contributed by atoms with Crippen molar-refractivity contribution in [3.63, 3.8) is 0 Å². The molecule has 0 bridgehead atoms. The molecule has 1 amide bonds. The number of nitrogens with zero attached hydrogens (tertiary/aromatic N) is 2. The standard InChI is InChI=1S/C24H23Cl2F3N2O4/c1-21(2,3)34-20(32)31-12-22(33,13-31)15-6-4-14(5-7-15)19-11-23(35-30-19,24(27,28)29)16-8-17(25)10-18(26)9-16/h4-10,33H,11-13H2,1-3H3/t23-/m0/s1. The molecule has 2 aromatic rings. The molecule has 35 heavy (non-hydrogen) atoms. The van der Waals surface area contributed by atoms with Gasteiger partial charge in [-0.25, -0.2) is 4.79 Å². The number of ether oxygens (including phenoxy) is 1. The van der Waals surface area contributed by atoms with Crippen LogP contribution < -0.4 is 0 Å². The van der Waals surface area contributed by atoms with Crippen molar-refractivity contribution in [3.05, 3.63) is 69.2 Å². The number of likely N-dealkylation sites (tertiary alicyclic amines) is 1. The Morgan fingerprint density at radius 2 is 1.63 bits per heavy atom. The predicted octanol–water partition coefficient (Wildman–Crippen LogP) is 6.01. The smallest absolute Gasteiger partial charge is 0.435 e. The Morgan fingerprint density at radius 3 is 2.14 bits per heavy atom. The molecule has 0 radical (unpaired) electrons. The number of benzene rings is 2. The molecule has 0 aromatic heterocycles. The van der Waals surface area contributed by atoms with Crippen molar-refractivity contribution in [2.75, 3.05) is 13.1 Å². The molecule has 11 heteroatoms. The Labute approximate surface area is 210 Å². The van der Waals surface area contributed by atoms with E-state index in [4.69, 9.17) is 32.8 Å². The summed E-state index contributed by atoms with van der Waals surface area (Å²) in [5.41, 5.74) is -3.90. The summed E-state index contributed by atoms with van der Waals surface area (Å²) < 4.78 is 47.8. The number of hydrogen-bond acceptors (Lipinski definition) is 5. The molecule has 1 atom stereocenters. The number of β-amino-alcohol motifs (C(OH)–C–C–N with tert-alkyl or cyclic N) is 1. The van der Waals surface area contributed by atoms with Crippen molar-refractivity contribution in [2.45, 2.75) is 50.2 Å². The lowest BCUT2D eigenvalue weighted by Crippen LogP contribution is -2.61. The van der Waals surface area contributed by atoms with E-state index in [1.54, 1.807) is 45.0 Å². The number of alkyl halides is 3. The first kappa shape index (κ1) is 25.6. The fourth-order valence-electron chi connectivity index (χ4n) is 4.04. The number of rotatable bonds is 3. The minimum absolute atomic E-state index is 0.0397. The Hall–Kier alpha value is -2.49. The molecule has 0 unspecified atom stereocenters. The van der Waals surface area contributed by atoms with Gasteiger partial charge in [-0.2, -0.15) is 13.2 Å². The zero-order chi connectivity index (χ0) is 25.8. The van der Waals surface area contributed by atoms with E-state index in [2.05, 4.69) is 5.16 Å². The van der Waals surface area contributed by atoms with Gasteiger partial charge in [-0.05, 0) is 50.1 Å². The van der Waals surface area contributed by atoms with Crippen LogP contribution in [-0.2, 0) is 20.8 Å². The van der Waals surface area contributed by atoms with Gasteiger partial charge in [-0.15, -0.1) is 0 Å². The van der Waals surface area contributed by atoms with Gasteiger partial charge in [0.05, 0.1) is 18.8 Å². The van der Waals surface area contributed by atoms with Crippen LogP contribution in [0, 0.1) is 0 Å². The average Bonchev–Trinajstić information content (AvgIpc) is 3.16. The van der Waals surface area contributed by atoms with E-state index in [0.29, 0.717) is 11.1 Å². The van der Waals surface area contributed by atoms with E-state index in [0.717, 1.165) is 12.1 Å². The lowest BCUT2D eigenvalue weighted by Gasteiger charge is -2.46. The zero-order valence-corrected chi connectivity index (χ0v) is 20.6. The van der Waals surface area contributed by atoms with Crippen LogP contribution in [-0.4, -0.2) is 46.7 Å². The highest BCUT2D eigenvalue weighted by Crippen LogP contribution is 2.49. The summed E-state index contributed by atoms with van der Waals surface area (Å²) in [5.74, 6) is 0. The SMILES string of the molecule is CC(C)(C)OC(=O)N1CC(O)(c2ccc(C3=NO[C@@](c4cc(Cl)cc(Cl)c4)(C(F)(F)F)C3)cc2)C1. The third-order valence-electron chi connectivity index (χ3n) is 5.83. The van der Waals surface area contributed by atoms with Crippen LogP contribution in [0.4, 0.5) is 18.0 Å². The van der Waals surface area contributed by atoms with Gasteiger partial charge in [-0.1, -0.05) is 52.6 Å². The average molecular weight is 531 g/mol. The molecule has 188 valence electrons. The Balaban J connectivity index is 1.50. The van der Waals surface area contributed by atoms with Crippen molar-refractivity contribution in [1.29, 1.82) is 0 Å². The first-order chi connectivity index (χ1) is 16.1.